The fraction of sp³-hybridized carbons (Fsp3) is 0.583. The van der Waals surface area contributed by atoms with Gasteiger partial charge in [-0.15, -0.1) is 0 Å². The standard InChI is InChI=1S/C12H18N4O4/c1-12(20-6-10(17)18)7-16(8-12)11(19)14-5-9-13-3-4-15(9)2/h3-4H,5-8H2,1-2H3,(H,14,19)(H,17,18). The van der Waals surface area contributed by atoms with Gasteiger partial charge < -0.3 is 24.6 Å². The summed E-state index contributed by atoms with van der Waals surface area (Å²) in [6, 6.07) is -0.204. The zero-order valence-corrected chi connectivity index (χ0v) is 11.5. The molecule has 1 aromatic heterocycles. The minimum absolute atomic E-state index is 0.204. The van der Waals surface area contributed by atoms with Crippen molar-refractivity contribution in [3.8, 4) is 0 Å². The number of hydrogen-bond donors (Lipinski definition) is 2. The topological polar surface area (TPSA) is 96.7 Å². The van der Waals surface area contributed by atoms with E-state index in [0.29, 0.717) is 19.6 Å². The third-order valence-corrected chi connectivity index (χ3v) is 3.20. The number of urea groups is 1. The number of carbonyl (C=O) groups excluding carboxylic acids is 1. The van der Waals surface area contributed by atoms with Crippen LogP contribution in [0.15, 0.2) is 12.4 Å². The molecule has 1 aliphatic heterocycles. The Balaban J connectivity index is 1.73. The van der Waals surface area contributed by atoms with Crippen molar-refractivity contribution in [1.29, 1.82) is 0 Å². The summed E-state index contributed by atoms with van der Waals surface area (Å²) in [5.74, 6) is -0.243. The van der Waals surface area contributed by atoms with E-state index in [0.717, 1.165) is 5.82 Å². The average molecular weight is 282 g/mol. The summed E-state index contributed by atoms with van der Waals surface area (Å²) in [5.41, 5.74) is -0.570. The first-order chi connectivity index (χ1) is 9.39. The molecule has 1 fully saturated rings. The molecule has 20 heavy (non-hydrogen) atoms. The molecule has 110 valence electrons. The normalized spacial score (nSPS) is 16.6. The Hall–Kier alpha value is -2.09. The largest absolute Gasteiger partial charge is 0.480 e. The van der Waals surface area contributed by atoms with Crippen molar-refractivity contribution in [2.75, 3.05) is 19.7 Å². The van der Waals surface area contributed by atoms with Crippen molar-refractivity contribution in [1.82, 2.24) is 19.8 Å². The molecule has 8 heteroatoms. The molecule has 1 aliphatic rings. The molecule has 2 amide bonds. The number of imidazole rings is 1. The van der Waals surface area contributed by atoms with Crippen LogP contribution in [-0.2, 0) is 23.1 Å². The highest BCUT2D eigenvalue weighted by Crippen LogP contribution is 2.24. The highest BCUT2D eigenvalue weighted by Gasteiger charge is 2.42. The molecule has 1 saturated heterocycles. The van der Waals surface area contributed by atoms with Gasteiger partial charge in [-0.2, -0.15) is 0 Å². The molecular weight excluding hydrogens is 264 g/mol. The van der Waals surface area contributed by atoms with Crippen LogP contribution in [0.4, 0.5) is 4.79 Å². The number of nitrogens with one attached hydrogen (secondary N) is 1. The van der Waals surface area contributed by atoms with Crippen LogP contribution < -0.4 is 5.32 Å². The Kier molecular flexibility index (Phi) is 3.93. The zero-order valence-electron chi connectivity index (χ0n) is 11.5. The van der Waals surface area contributed by atoms with Crippen molar-refractivity contribution in [2.45, 2.75) is 19.1 Å². The third kappa shape index (κ3) is 3.27. The monoisotopic (exact) mass is 282 g/mol. The highest BCUT2D eigenvalue weighted by molar-refractivity contribution is 5.75. The van der Waals surface area contributed by atoms with Crippen LogP contribution >= 0.6 is 0 Å². The van der Waals surface area contributed by atoms with Crippen LogP contribution in [0.1, 0.15) is 12.7 Å². The molecule has 0 aliphatic carbocycles. The van der Waals surface area contributed by atoms with Crippen LogP contribution in [0.2, 0.25) is 0 Å². The number of nitrogens with zero attached hydrogens (tertiary/aromatic N) is 3. The second-order valence-corrected chi connectivity index (χ2v) is 5.10. The number of carbonyl (C=O) groups is 2. The molecule has 0 atom stereocenters. The van der Waals surface area contributed by atoms with Gasteiger partial charge in [-0.25, -0.2) is 14.6 Å². The fourth-order valence-corrected chi connectivity index (χ4v) is 2.07. The van der Waals surface area contributed by atoms with Gasteiger partial charge >= 0.3 is 12.0 Å². The molecule has 0 spiro atoms. The lowest BCUT2D eigenvalue weighted by atomic mass is 9.97. The van der Waals surface area contributed by atoms with E-state index in [-0.39, 0.29) is 12.6 Å². The minimum atomic E-state index is -1.01. The SMILES string of the molecule is Cn1ccnc1CNC(=O)N1CC(C)(OCC(=O)O)C1. The van der Waals surface area contributed by atoms with Crippen molar-refractivity contribution >= 4 is 12.0 Å². The van der Waals surface area contributed by atoms with Crippen LogP contribution in [0.3, 0.4) is 0 Å². The second-order valence-electron chi connectivity index (χ2n) is 5.10. The number of aliphatic carboxylic acids is 1. The molecule has 0 saturated carbocycles. The Labute approximate surface area is 116 Å². The Morgan fingerprint density at radius 3 is 2.80 bits per heavy atom. The molecule has 2 heterocycles. The van der Waals surface area contributed by atoms with Gasteiger partial charge in [-0.1, -0.05) is 0 Å². The first-order valence-corrected chi connectivity index (χ1v) is 6.24. The summed E-state index contributed by atoms with van der Waals surface area (Å²) in [6.07, 6.45) is 3.48. The maximum atomic E-state index is 11.9. The summed E-state index contributed by atoms with van der Waals surface area (Å²) in [7, 11) is 1.86. The first kappa shape index (κ1) is 14.3. The van der Waals surface area contributed by atoms with Crippen LogP contribution in [0.5, 0.6) is 0 Å². The van der Waals surface area contributed by atoms with Gasteiger partial charge in [-0.3, -0.25) is 0 Å². The lowest BCUT2D eigenvalue weighted by molar-refractivity contribution is -0.159. The van der Waals surface area contributed by atoms with E-state index < -0.39 is 11.6 Å². The second kappa shape index (κ2) is 5.49. The quantitative estimate of drug-likeness (QED) is 0.780. The number of likely N-dealkylation sites (tertiary alicyclic amines) is 1. The van der Waals surface area contributed by atoms with Gasteiger partial charge in [0.2, 0.25) is 0 Å². The number of carboxylic acid groups (broad SMARTS) is 1. The fourth-order valence-electron chi connectivity index (χ4n) is 2.07. The number of ether oxygens (including phenoxy) is 1. The summed E-state index contributed by atoms with van der Waals surface area (Å²) < 4.78 is 7.07. The number of carboxylic acids is 1. The van der Waals surface area contributed by atoms with E-state index in [1.54, 1.807) is 18.0 Å². The lowest BCUT2D eigenvalue weighted by Crippen LogP contribution is -2.65. The van der Waals surface area contributed by atoms with Gasteiger partial charge in [-0.05, 0) is 6.92 Å². The summed E-state index contributed by atoms with van der Waals surface area (Å²) >= 11 is 0. The van der Waals surface area contributed by atoms with Gasteiger partial charge in [0.25, 0.3) is 0 Å². The van der Waals surface area contributed by atoms with Crippen LogP contribution in [0, 0.1) is 0 Å². The van der Waals surface area contributed by atoms with Gasteiger partial charge in [0.15, 0.2) is 0 Å². The Morgan fingerprint density at radius 1 is 1.55 bits per heavy atom. The highest BCUT2D eigenvalue weighted by atomic mass is 16.5. The van der Waals surface area contributed by atoms with Crippen LogP contribution in [-0.4, -0.2) is 56.9 Å². The van der Waals surface area contributed by atoms with E-state index >= 15 is 0 Å². The van der Waals surface area contributed by atoms with Crippen molar-refractivity contribution in [3.05, 3.63) is 18.2 Å². The van der Waals surface area contributed by atoms with E-state index in [9.17, 15) is 9.59 Å². The first-order valence-electron chi connectivity index (χ1n) is 6.24. The number of amides is 2. The summed E-state index contributed by atoms with van der Waals surface area (Å²) in [5, 5.41) is 11.3. The van der Waals surface area contributed by atoms with Gasteiger partial charge in [0, 0.05) is 19.4 Å². The molecule has 2 rings (SSSR count). The molecule has 0 aromatic carbocycles. The van der Waals surface area contributed by atoms with E-state index in [2.05, 4.69) is 10.3 Å². The minimum Gasteiger partial charge on any atom is -0.480 e. The molecule has 0 unspecified atom stereocenters. The molecule has 8 nitrogen and oxygen atoms in total. The molecule has 0 radical (unpaired) electrons. The van der Waals surface area contributed by atoms with Gasteiger partial charge in [0.05, 0.1) is 19.6 Å². The zero-order chi connectivity index (χ0) is 14.8. The number of rotatable bonds is 5. The predicted octanol–water partition coefficient (Wildman–Crippen LogP) is -0.195. The molecule has 1 aromatic rings. The maximum Gasteiger partial charge on any atom is 0.329 e. The summed E-state index contributed by atoms with van der Waals surface area (Å²) in [6.45, 7) is 2.56. The van der Waals surface area contributed by atoms with E-state index in [1.165, 1.54) is 0 Å². The van der Waals surface area contributed by atoms with Crippen LogP contribution in [0.25, 0.3) is 0 Å². The van der Waals surface area contributed by atoms with Crippen molar-refractivity contribution < 1.29 is 19.4 Å². The van der Waals surface area contributed by atoms with Crippen molar-refractivity contribution in [2.24, 2.45) is 7.05 Å². The smallest absolute Gasteiger partial charge is 0.329 e. The van der Waals surface area contributed by atoms with Crippen molar-refractivity contribution in [3.63, 3.8) is 0 Å². The lowest BCUT2D eigenvalue weighted by Gasteiger charge is -2.46. The summed E-state index contributed by atoms with van der Waals surface area (Å²) in [4.78, 5) is 28.0. The number of aromatic nitrogens is 2. The van der Waals surface area contributed by atoms with Gasteiger partial charge in [0.1, 0.15) is 18.0 Å². The van der Waals surface area contributed by atoms with E-state index in [1.807, 2.05) is 17.8 Å². The molecule has 2 N–H and O–H groups in total. The average Bonchev–Trinajstić information content (AvgIpc) is 2.75. The number of aryl methyl sites for hydroxylation is 1. The van der Waals surface area contributed by atoms with E-state index in [4.69, 9.17) is 9.84 Å². The number of hydrogen-bond acceptors (Lipinski definition) is 4. The third-order valence-electron chi connectivity index (χ3n) is 3.20. The molecule has 0 bridgehead atoms. The Morgan fingerprint density at radius 2 is 2.25 bits per heavy atom. The predicted molar refractivity (Wildman–Crippen MR) is 69.0 cm³/mol. The molecular formula is C12H18N4O4. The maximum absolute atomic E-state index is 11.9. The Bertz CT molecular complexity index is 507.